The summed E-state index contributed by atoms with van der Waals surface area (Å²) in [5, 5.41) is 16.3. The molecule has 1 atom stereocenters. The van der Waals surface area contributed by atoms with Crippen LogP contribution in [0.4, 0.5) is 5.82 Å². The summed E-state index contributed by atoms with van der Waals surface area (Å²) in [5.41, 5.74) is 2.75. The lowest BCUT2D eigenvalue weighted by atomic mass is 10.1. The zero-order valence-corrected chi connectivity index (χ0v) is 14.3. The van der Waals surface area contributed by atoms with Gasteiger partial charge in [0.15, 0.2) is 0 Å². The Morgan fingerprint density at radius 2 is 2.04 bits per heavy atom. The van der Waals surface area contributed by atoms with E-state index >= 15 is 0 Å². The van der Waals surface area contributed by atoms with Crippen LogP contribution in [0.2, 0.25) is 0 Å². The lowest BCUT2D eigenvalue weighted by Crippen LogP contribution is -2.15. The number of benzene rings is 1. The molecule has 0 radical (unpaired) electrons. The van der Waals surface area contributed by atoms with Gasteiger partial charge in [-0.15, -0.1) is 11.8 Å². The average molecular weight is 366 g/mol. The molecule has 1 aliphatic rings. The SMILES string of the molecule is O=C1CS[C@H](c2cccnc2)c2cnn(-c3ccc(C(=O)O)cc3)c2N1. The number of carboxylic acids is 1. The van der Waals surface area contributed by atoms with Crippen molar-refractivity contribution in [3.8, 4) is 5.69 Å². The Kier molecular flexibility index (Phi) is 4.18. The highest BCUT2D eigenvalue weighted by atomic mass is 32.2. The molecular formula is C18H14N4O3S. The van der Waals surface area contributed by atoms with Crippen molar-refractivity contribution < 1.29 is 14.7 Å². The van der Waals surface area contributed by atoms with Crippen LogP contribution in [0.5, 0.6) is 0 Å². The number of carbonyl (C=O) groups excluding carboxylic acids is 1. The van der Waals surface area contributed by atoms with Gasteiger partial charge in [0.2, 0.25) is 5.91 Å². The van der Waals surface area contributed by atoms with E-state index in [0.717, 1.165) is 11.1 Å². The van der Waals surface area contributed by atoms with Crippen LogP contribution < -0.4 is 5.32 Å². The number of thioether (sulfide) groups is 1. The number of aromatic carboxylic acids is 1. The Balaban J connectivity index is 1.79. The van der Waals surface area contributed by atoms with Gasteiger partial charge in [-0.25, -0.2) is 9.48 Å². The molecule has 1 amide bonds. The summed E-state index contributed by atoms with van der Waals surface area (Å²) in [6.07, 6.45) is 5.23. The van der Waals surface area contributed by atoms with Crippen LogP contribution in [0.25, 0.3) is 5.69 Å². The summed E-state index contributed by atoms with van der Waals surface area (Å²) >= 11 is 1.52. The highest BCUT2D eigenvalue weighted by Crippen LogP contribution is 2.41. The third-order valence-electron chi connectivity index (χ3n) is 4.06. The Bertz CT molecular complexity index is 970. The normalized spacial score (nSPS) is 16.5. The molecule has 0 saturated carbocycles. The van der Waals surface area contributed by atoms with Gasteiger partial charge in [-0.1, -0.05) is 6.07 Å². The van der Waals surface area contributed by atoms with Crippen LogP contribution >= 0.6 is 11.8 Å². The molecule has 3 heterocycles. The highest BCUT2D eigenvalue weighted by molar-refractivity contribution is 8.00. The Morgan fingerprint density at radius 1 is 1.23 bits per heavy atom. The number of hydrogen-bond donors (Lipinski definition) is 2. The second-order valence-corrected chi connectivity index (χ2v) is 6.83. The molecule has 3 aromatic rings. The van der Waals surface area contributed by atoms with Gasteiger partial charge in [-0.05, 0) is 35.9 Å². The zero-order valence-electron chi connectivity index (χ0n) is 13.5. The van der Waals surface area contributed by atoms with E-state index < -0.39 is 5.97 Å². The average Bonchev–Trinajstić information content (AvgIpc) is 2.98. The van der Waals surface area contributed by atoms with Crippen molar-refractivity contribution >= 4 is 29.5 Å². The van der Waals surface area contributed by atoms with Crippen molar-refractivity contribution in [2.75, 3.05) is 11.1 Å². The number of hydrogen-bond acceptors (Lipinski definition) is 5. The van der Waals surface area contributed by atoms with Crippen LogP contribution in [0.3, 0.4) is 0 Å². The van der Waals surface area contributed by atoms with Crippen molar-refractivity contribution in [2.45, 2.75) is 5.25 Å². The topological polar surface area (TPSA) is 97.1 Å². The highest BCUT2D eigenvalue weighted by Gasteiger charge is 2.28. The molecule has 0 fully saturated rings. The third kappa shape index (κ3) is 2.95. The molecule has 1 aliphatic heterocycles. The number of carboxylic acid groups (broad SMARTS) is 1. The quantitative estimate of drug-likeness (QED) is 0.740. The van der Waals surface area contributed by atoms with Gasteiger partial charge in [0.05, 0.1) is 28.5 Å². The molecule has 7 nitrogen and oxygen atoms in total. The largest absolute Gasteiger partial charge is 0.478 e. The number of fused-ring (bicyclic) bond motifs is 1. The molecule has 0 saturated heterocycles. The summed E-state index contributed by atoms with van der Waals surface area (Å²) < 4.78 is 1.62. The second-order valence-electron chi connectivity index (χ2n) is 5.74. The van der Waals surface area contributed by atoms with E-state index in [1.165, 1.54) is 23.9 Å². The standard InChI is InChI=1S/C18H14N4O3S/c23-15-10-26-16(12-2-1-7-19-8-12)14-9-20-22(17(14)21-15)13-5-3-11(4-6-13)18(24)25/h1-9,16H,10H2,(H,21,23)(H,24,25)/t16-/m1/s1. The Hall–Kier alpha value is -3.13. The van der Waals surface area contributed by atoms with E-state index in [-0.39, 0.29) is 16.7 Å². The van der Waals surface area contributed by atoms with E-state index in [9.17, 15) is 9.59 Å². The lowest BCUT2D eigenvalue weighted by molar-refractivity contribution is -0.113. The van der Waals surface area contributed by atoms with Crippen molar-refractivity contribution in [2.24, 2.45) is 0 Å². The van der Waals surface area contributed by atoms with Crippen molar-refractivity contribution in [3.63, 3.8) is 0 Å². The number of nitrogens with zero attached hydrogens (tertiary/aromatic N) is 3. The molecule has 0 aliphatic carbocycles. The fraction of sp³-hybridized carbons (Fsp3) is 0.111. The molecule has 2 aromatic heterocycles. The minimum atomic E-state index is -0.989. The fourth-order valence-electron chi connectivity index (χ4n) is 2.84. The summed E-state index contributed by atoms with van der Waals surface area (Å²) in [5.74, 6) is -0.174. The first-order chi connectivity index (χ1) is 12.6. The third-order valence-corrected chi connectivity index (χ3v) is 5.35. The zero-order chi connectivity index (χ0) is 18.1. The Morgan fingerprint density at radius 3 is 2.73 bits per heavy atom. The molecule has 1 aromatic carbocycles. The van der Waals surface area contributed by atoms with Crippen molar-refractivity contribution in [1.82, 2.24) is 14.8 Å². The number of carbonyl (C=O) groups is 2. The van der Waals surface area contributed by atoms with E-state index in [1.54, 1.807) is 35.4 Å². The van der Waals surface area contributed by atoms with Gasteiger partial charge in [-0.3, -0.25) is 9.78 Å². The molecule has 8 heteroatoms. The Labute approximate surface area is 153 Å². The fourth-order valence-corrected chi connectivity index (χ4v) is 3.92. The minimum Gasteiger partial charge on any atom is -0.478 e. The van der Waals surface area contributed by atoms with Gasteiger partial charge in [0.1, 0.15) is 5.82 Å². The predicted octanol–water partition coefficient (Wildman–Crippen LogP) is 2.74. The number of aromatic nitrogens is 3. The van der Waals surface area contributed by atoms with E-state index in [2.05, 4.69) is 15.4 Å². The smallest absolute Gasteiger partial charge is 0.335 e. The van der Waals surface area contributed by atoms with Crippen molar-refractivity contribution in [3.05, 3.63) is 71.7 Å². The summed E-state index contributed by atoms with van der Waals surface area (Å²) in [4.78, 5) is 27.4. The molecular weight excluding hydrogens is 352 g/mol. The first-order valence-corrected chi connectivity index (χ1v) is 8.91. The maximum absolute atomic E-state index is 12.2. The molecule has 0 bridgehead atoms. The number of nitrogens with one attached hydrogen (secondary N) is 1. The van der Waals surface area contributed by atoms with E-state index in [0.29, 0.717) is 17.3 Å². The van der Waals surface area contributed by atoms with E-state index in [4.69, 9.17) is 5.11 Å². The monoisotopic (exact) mass is 366 g/mol. The summed E-state index contributed by atoms with van der Waals surface area (Å²) in [6.45, 7) is 0. The van der Waals surface area contributed by atoms with Gasteiger partial charge in [-0.2, -0.15) is 5.10 Å². The van der Waals surface area contributed by atoms with Gasteiger partial charge in [0, 0.05) is 18.0 Å². The molecule has 0 unspecified atom stereocenters. The summed E-state index contributed by atoms with van der Waals surface area (Å²) in [6, 6.07) is 10.2. The second kappa shape index (κ2) is 6.64. The van der Waals surface area contributed by atoms with Crippen molar-refractivity contribution in [1.29, 1.82) is 0 Å². The van der Waals surface area contributed by atoms with Gasteiger partial charge < -0.3 is 10.4 Å². The summed E-state index contributed by atoms with van der Waals surface area (Å²) in [7, 11) is 0. The van der Waals surface area contributed by atoms with Crippen LogP contribution in [0.1, 0.15) is 26.7 Å². The molecule has 0 spiro atoms. The van der Waals surface area contributed by atoms with Crippen LogP contribution in [0.15, 0.2) is 55.0 Å². The molecule has 4 rings (SSSR count). The molecule has 26 heavy (non-hydrogen) atoms. The molecule has 2 N–H and O–H groups in total. The first-order valence-electron chi connectivity index (χ1n) is 7.86. The number of rotatable bonds is 3. The number of amides is 1. The van der Waals surface area contributed by atoms with Crippen LogP contribution in [-0.2, 0) is 4.79 Å². The minimum absolute atomic E-state index is 0.0651. The number of anilines is 1. The van der Waals surface area contributed by atoms with Crippen LogP contribution in [-0.4, -0.2) is 37.5 Å². The van der Waals surface area contributed by atoms with E-state index in [1.807, 2.05) is 12.1 Å². The predicted molar refractivity (Wildman–Crippen MR) is 97.7 cm³/mol. The first kappa shape index (κ1) is 16.3. The van der Waals surface area contributed by atoms with Crippen LogP contribution in [0, 0.1) is 0 Å². The molecule has 130 valence electrons. The maximum atomic E-state index is 12.2. The number of pyridine rings is 1. The maximum Gasteiger partial charge on any atom is 0.335 e. The van der Waals surface area contributed by atoms with Gasteiger partial charge >= 0.3 is 5.97 Å². The lowest BCUT2D eigenvalue weighted by Gasteiger charge is -2.13. The van der Waals surface area contributed by atoms with Gasteiger partial charge in [0.25, 0.3) is 0 Å².